The van der Waals surface area contributed by atoms with Crippen molar-refractivity contribution in [1.29, 1.82) is 0 Å². The molecule has 0 bridgehead atoms. The van der Waals surface area contributed by atoms with Gasteiger partial charge in [-0.3, -0.25) is 24.1 Å². The second-order valence-electron chi connectivity index (χ2n) is 7.18. The SMILES string of the molecule is O=C(CCN1C(=O)c2ccc(Br)cc2C1=O)N1CCN(C(=O)C2CC2)CC1. The van der Waals surface area contributed by atoms with Crippen molar-refractivity contribution < 1.29 is 19.2 Å². The molecule has 4 amide bonds. The maximum Gasteiger partial charge on any atom is 0.261 e. The lowest BCUT2D eigenvalue weighted by Crippen LogP contribution is -2.51. The van der Waals surface area contributed by atoms with Gasteiger partial charge in [0.15, 0.2) is 0 Å². The van der Waals surface area contributed by atoms with E-state index in [1.165, 1.54) is 0 Å². The number of halogens is 1. The molecule has 0 N–H and O–H groups in total. The molecule has 2 heterocycles. The zero-order chi connectivity index (χ0) is 19.1. The van der Waals surface area contributed by atoms with Crippen LogP contribution in [-0.2, 0) is 9.59 Å². The topological polar surface area (TPSA) is 78.0 Å². The highest BCUT2D eigenvalue weighted by molar-refractivity contribution is 9.10. The number of rotatable bonds is 4. The number of carbonyl (C=O) groups excluding carboxylic acids is 4. The Labute approximate surface area is 165 Å². The van der Waals surface area contributed by atoms with E-state index in [9.17, 15) is 19.2 Å². The van der Waals surface area contributed by atoms with E-state index in [1.807, 2.05) is 4.90 Å². The Hall–Kier alpha value is -2.22. The molecule has 1 aliphatic carbocycles. The van der Waals surface area contributed by atoms with Gasteiger partial charge < -0.3 is 9.80 Å². The molecule has 0 atom stereocenters. The number of benzene rings is 1. The van der Waals surface area contributed by atoms with Crippen molar-refractivity contribution >= 4 is 39.6 Å². The van der Waals surface area contributed by atoms with Crippen molar-refractivity contribution in [3.8, 4) is 0 Å². The first-order chi connectivity index (χ1) is 13.0. The Morgan fingerprint density at radius 2 is 1.59 bits per heavy atom. The number of carbonyl (C=O) groups is 4. The van der Waals surface area contributed by atoms with Gasteiger partial charge in [0, 0.05) is 49.5 Å². The van der Waals surface area contributed by atoms with Gasteiger partial charge in [-0.2, -0.15) is 0 Å². The van der Waals surface area contributed by atoms with E-state index >= 15 is 0 Å². The molecule has 2 fully saturated rings. The summed E-state index contributed by atoms with van der Waals surface area (Å²) in [4.78, 5) is 54.1. The Morgan fingerprint density at radius 3 is 2.26 bits per heavy atom. The number of hydrogen-bond donors (Lipinski definition) is 0. The monoisotopic (exact) mass is 433 g/mol. The average Bonchev–Trinajstić information content (AvgIpc) is 3.49. The molecule has 142 valence electrons. The predicted molar refractivity (Wildman–Crippen MR) is 100 cm³/mol. The molecule has 0 unspecified atom stereocenters. The summed E-state index contributed by atoms with van der Waals surface area (Å²) in [7, 11) is 0. The molecule has 3 aliphatic rings. The molecular weight excluding hydrogens is 414 g/mol. The number of piperazine rings is 1. The van der Waals surface area contributed by atoms with Crippen molar-refractivity contribution in [1.82, 2.24) is 14.7 Å². The highest BCUT2D eigenvalue weighted by Crippen LogP contribution is 2.31. The third-order valence-corrected chi connectivity index (χ3v) is 5.85. The van der Waals surface area contributed by atoms with Crippen molar-refractivity contribution in [2.45, 2.75) is 19.3 Å². The van der Waals surface area contributed by atoms with Crippen molar-refractivity contribution in [2.75, 3.05) is 32.7 Å². The highest BCUT2D eigenvalue weighted by atomic mass is 79.9. The summed E-state index contributed by atoms with van der Waals surface area (Å²) in [6.07, 6.45) is 2.06. The third-order valence-electron chi connectivity index (χ3n) is 5.35. The molecular formula is C19H20BrN3O4. The van der Waals surface area contributed by atoms with E-state index in [1.54, 1.807) is 23.1 Å². The van der Waals surface area contributed by atoms with Gasteiger partial charge in [-0.1, -0.05) is 15.9 Å². The van der Waals surface area contributed by atoms with Gasteiger partial charge in [0.25, 0.3) is 11.8 Å². The summed E-state index contributed by atoms with van der Waals surface area (Å²) in [6, 6.07) is 4.98. The Balaban J connectivity index is 1.30. The lowest BCUT2D eigenvalue weighted by atomic mass is 10.1. The minimum atomic E-state index is -0.357. The number of amides is 4. The van der Waals surface area contributed by atoms with Crippen LogP contribution < -0.4 is 0 Å². The Morgan fingerprint density at radius 1 is 0.963 bits per heavy atom. The van der Waals surface area contributed by atoms with Gasteiger partial charge in [-0.25, -0.2) is 0 Å². The van der Waals surface area contributed by atoms with Crippen LogP contribution >= 0.6 is 15.9 Å². The fourth-order valence-corrected chi connectivity index (χ4v) is 3.96. The fourth-order valence-electron chi connectivity index (χ4n) is 3.60. The summed E-state index contributed by atoms with van der Waals surface area (Å²) in [6.45, 7) is 2.20. The van der Waals surface area contributed by atoms with Crippen LogP contribution in [0, 0.1) is 5.92 Å². The molecule has 0 spiro atoms. The summed E-state index contributed by atoms with van der Waals surface area (Å²) in [5, 5.41) is 0. The largest absolute Gasteiger partial charge is 0.339 e. The minimum Gasteiger partial charge on any atom is -0.339 e. The van der Waals surface area contributed by atoms with Gasteiger partial charge in [-0.15, -0.1) is 0 Å². The smallest absolute Gasteiger partial charge is 0.261 e. The van der Waals surface area contributed by atoms with E-state index in [-0.39, 0.29) is 42.5 Å². The van der Waals surface area contributed by atoms with Crippen molar-refractivity contribution in [3.05, 3.63) is 33.8 Å². The summed E-state index contributed by atoms with van der Waals surface area (Å²) in [5.74, 6) is -0.397. The van der Waals surface area contributed by atoms with Crippen LogP contribution in [0.4, 0.5) is 0 Å². The first-order valence-corrected chi connectivity index (χ1v) is 9.97. The van der Waals surface area contributed by atoms with E-state index in [0.29, 0.717) is 37.3 Å². The first-order valence-electron chi connectivity index (χ1n) is 9.18. The zero-order valence-corrected chi connectivity index (χ0v) is 16.4. The molecule has 1 saturated heterocycles. The second kappa shape index (κ2) is 7.07. The molecule has 1 aromatic rings. The molecule has 27 heavy (non-hydrogen) atoms. The van der Waals surface area contributed by atoms with Crippen LogP contribution in [0.2, 0.25) is 0 Å². The number of nitrogens with zero attached hydrogens (tertiary/aromatic N) is 3. The molecule has 0 aromatic heterocycles. The number of hydrogen-bond acceptors (Lipinski definition) is 4. The standard InChI is InChI=1S/C19H20BrN3O4/c20-13-3-4-14-15(11-13)19(27)23(18(14)26)6-5-16(24)21-7-9-22(10-8-21)17(25)12-1-2-12/h3-4,11-12H,1-2,5-10H2. The predicted octanol–water partition coefficient (Wildman–Crippen LogP) is 1.52. The molecule has 8 heteroatoms. The van der Waals surface area contributed by atoms with Gasteiger partial charge >= 0.3 is 0 Å². The molecule has 1 aromatic carbocycles. The molecule has 4 rings (SSSR count). The van der Waals surface area contributed by atoms with Crippen LogP contribution in [0.25, 0.3) is 0 Å². The van der Waals surface area contributed by atoms with Crippen LogP contribution in [0.1, 0.15) is 40.0 Å². The van der Waals surface area contributed by atoms with E-state index in [2.05, 4.69) is 15.9 Å². The van der Waals surface area contributed by atoms with Crippen LogP contribution in [0.15, 0.2) is 22.7 Å². The van der Waals surface area contributed by atoms with E-state index in [0.717, 1.165) is 22.2 Å². The summed E-state index contributed by atoms with van der Waals surface area (Å²) < 4.78 is 0.735. The van der Waals surface area contributed by atoms with E-state index < -0.39 is 0 Å². The summed E-state index contributed by atoms with van der Waals surface area (Å²) in [5.41, 5.74) is 0.747. The van der Waals surface area contributed by atoms with Gasteiger partial charge in [0.05, 0.1) is 11.1 Å². The number of fused-ring (bicyclic) bond motifs is 1. The fraction of sp³-hybridized carbons (Fsp3) is 0.474. The van der Waals surface area contributed by atoms with Crippen LogP contribution in [0.3, 0.4) is 0 Å². The Bertz CT molecular complexity index is 828. The molecule has 2 aliphatic heterocycles. The average molecular weight is 434 g/mol. The van der Waals surface area contributed by atoms with Gasteiger partial charge in [0.2, 0.25) is 11.8 Å². The zero-order valence-electron chi connectivity index (χ0n) is 14.8. The second-order valence-corrected chi connectivity index (χ2v) is 8.10. The van der Waals surface area contributed by atoms with Crippen molar-refractivity contribution in [2.24, 2.45) is 5.92 Å². The van der Waals surface area contributed by atoms with Gasteiger partial charge in [0.1, 0.15) is 0 Å². The highest BCUT2D eigenvalue weighted by Gasteiger charge is 2.37. The molecule has 1 saturated carbocycles. The summed E-state index contributed by atoms with van der Waals surface area (Å²) >= 11 is 3.30. The first kappa shape index (κ1) is 18.2. The lowest BCUT2D eigenvalue weighted by molar-refractivity contribution is -0.140. The normalized spacial score (nSPS) is 19.5. The Kier molecular flexibility index (Phi) is 4.75. The van der Waals surface area contributed by atoms with Gasteiger partial charge in [-0.05, 0) is 31.0 Å². The minimum absolute atomic E-state index is 0.0734. The lowest BCUT2D eigenvalue weighted by Gasteiger charge is -2.35. The van der Waals surface area contributed by atoms with Crippen LogP contribution in [0.5, 0.6) is 0 Å². The van der Waals surface area contributed by atoms with Crippen molar-refractivity contribution in [3.63, 3.8) is 0 Å². The molecule has 7 nitrogen and oxygen atoms in total. The number of imide groups is 1. The maximum atomic E-state index is 12.5. The van der Waals surface area contributed by atoms with Crippen LogP contribution in [-0.4, -0.2) is 71.1 Å². The third kappa shape index (κ3) is 3.50. The molecule has 0 radical (unpaired) electrons. The quantitative estimate of drug-likeness (QED) is 0.674. The van der Waals surface area contributed by atoms with E-state index in [4.69, 9.17) is 0 Å². The maximum absolute atomic E-state index is 12.5.